The lowest BCUT2D eigenvalue weighted by molar-refractivity contribution is 0.625. The molecule has 0 aromatic carbocycles. The van der Waals surface area contributed by atoms with Crippen LogP contribution in [0.3, 0.4) is 0 Å². The minimum absolute atomic E-state index is 0.397. The Morgan fingerprint density at radius 3 is 2.44 bits per heavy atom. The summed E-state index contributed by atoms with van der Waals surface area (Å²) < 4.78 is 0. The monoisotopic (exact) mass is 245 g/mol. The van der Waals surface area contributed by atoms with Gasteiger partial charge in [0, 0.05) is 12.2 Å². The van der Waals surface area contributed by atoms with Crippen LogP contribution in [-0.4, -0.2) is 11.5 Å². The van der Waals surface area contributed by atoms with E-state index in [-0.39, 0.29) is 0 Å². The van der Waals surface area contributed by atoms with Crippen molar-refractivity contribution >= 4 is 5.82 Å². The molecule has 1 N–H and O–H groups in total. The maximum atomic E-state index is 9.19. The Hall–Kier alpha value is -1.56. The van der Waals surface area contributed by atoms with Gasteiger partial charge in [-0.3, -0.25) is 0 Å². The van der Waals surface area contributed by atoms with Crippen molar-refractivity contribution in [2.75, 3.05) is 11.9 Å². The number of pyridine rings is 1. The summed E-state index contributed by atoms with van der Waals surface area (Å²) in [5, 5.41) is 12.4. The lowest BCUT2D eigenvalue weighted by atomic mass is 9.94. The molecule has 98 valence electrons. The molecule has 0 aliphatic rings. The molecule has 1 rings (SSSR count). The smallest absolute Gasteiger partial charge is 0.144 e. The van der Waals surface area contributed by atoms with Gasteiger partial charge in [-0.05, 0) is 36.8 Å². The summed E-state index contributed by atoms with van der Waals surface area (Å²) in [4.78, 5) is 4.66. The summed E-state index contributed by atoms with van der Waals surface area (Å²) in [6.45, 7) is 11.5. The van der Waals surface area contributed by atoms with Crippen LogP contribution >= 0.6 is 0 Å². The fourth-order valence-electron chi connectivity index (χ4n) is 2.00. The van der Waals surface area contributed by atoms with Crippen LogP contribution in [0.4, 0.5) is 5.82 Å². The van der Waals surface area contributed by atoms with Gasteiger partial charge in [0.15, 0.2) is 0 Å². The van der Waals surface area contributed by atoms with Gasteiger partial charge < -0.3 is 5.32 Å². The quantitative estimate of drug-likeness (QED) is 0.860. The standard InChI is InChI=1S/C15H23N3/c1-6-17-15-12(9-16)8-13(11(4)5)14(18-15)7-10(2)3/h8,10-11H,6-7H2,1-5H3,(H,17,18). The van der Waals surface area contributed by atoms with Crippen LogP contribution in [-0.2, 0) is 6.42 Å². The highest BCUT2D eigenvalue weighted by molar-refractivity contribution is 5.54. The molecule has 0 amide bonds. The third-order valence-electron chi connectivity index (χ3n) is 2.82. The zero-order chi connectivity index (χ0) is 13.7. The summed E-state index contributed by atoms with van der Waals surface area (Å²) >= 11 is 0. The summed E-state index contributed by atoms with van der Waals surface area (Å²) in [5.74, 6) is 1.69. The molecular formula is C15H23N3. The SMILES string of the molecule is CCNc1nc(CC(C)C)c(C(C)C)cc1C#N. The van der Waals surface area contributed by atoms with Crippen LogP contribution in [0, 0.1) is 17.2 Å². The van der Waals surface area contributed by atoms with Gasteiger partial charge in [-0.25, -0.2) is 4.98 Å². The van der Waals surface area contributed by atoms with Gasteiger partial charge in [-0.1, -0.05) is 27.7 Å². The average molecular weight is 245 g/mol. The van der Waals surface area contributed by atoms with Gasteiger partial charge in [0.1, 0.15) is 11.9 Å². The molecule has 0 radical (unpaired) electrons. The van der Waals surface area contributed by atoms with Crippen LogP contribution in [0.2, 0.25) is 0 Å². The maximum Gasteiger partial charge on any atom is 0.144 e. The van der Waals surface area contributed by atoms with E-state index >= 15 is 0 Å². The number of aromatic nitrogens is 1. The van der Waals surface area contributed by atoms with Gasteiger partial charge >= 0.3 is 0 Å². The highest BCUT2D eigenvalue weighted by Gasteiger charge is 2.14. The van der Waals surface area contributed by atoms with E-state index in [1.54, 1.807) is 0 Å². The first-order valence-electron chi connectivity index (χ1n) is 6.67. The van der Waals surface area contributed by atoms with Crippen molar-refractivity contribution in [2.24, 2.45) is 5.92 Å². The molecular weight excluding hydrogens is 222 g/mol. The second-order valence-electron chi connectivity index (χ2n) is 5.32. The van der Waals surface area contributed by atoms with E-state index in [2.05, 4.69) is 44.1 Å². The van der Waals surface area contributed by atoms with Gasteiger partial charge in [-0.2, -0.15) is 5.26 Å². The lowest BCUT2D eigenvalue weighted by Gasteiger charge is -2.16. The molecule has 1 aromatic heterocycles. The molecule has 3 heteroatoms. The number of nitrogens with zero attached hydrogens (tertiary/aromatic N) is 2. The Labute approximate surface area is 110 Å². The van der Waals surface area contributed by atoms with E-state index < -0.39 is 0 Å². The average Bonchev–Trinajstić information content (AvgIpc) is 2.28. The fraction of sp³-hybridized carbons (Fsp3) is 0.600. The van der Waals surface area contributed by atoms with Crippen molar-refractivity contribution in [2.45, 2.75) is 47.0 Å². The Bertz CT molecular complexity index is 442. The van der Waals surface area contributed by atoms with Crippen molar-refractivity contribution in [3.63, 3.8) is 0 Å². The summed E-state index contributed by atoms with van der Waals surface area (Å²) in [6.07, 6.45) is 0.956. The summed E-state index contributed by atoms with van der Waals surface area (Å²) in [7, 11) is 0. The van der Waals surface area contributed by atoms with Crippen molar-refractivity contribution in [3.05, 3.63) is 22.9 Å². The Morgan fingerprint density at radius 2 is 2.00 bits per heavy atom. The lowest BCUT2D eigenvalue weighted by Crippen LogP contribution is -2.10. The molecule has 3 nitrogen and oxygen atoms in total. The molecule has 0 aliphatic carbocycles. The third-order valence-corrected chi connectivity index (χ3v) is 2.82. The number of nitrogens with one attached hydrogen (secondary N) is 1. The molecule has 0 fully saturated rings. The van der Waals surface area contributed by atoms with Gasteiger partial charge in [0.2, 0.25) is 0 Å². The summed E-state index contributed by atoms with van der Waals surface area (Å²) in [5.41, 5.74) is 2.96. The Balaban J connectivity index is 3.29. The van der Waals surface area contributed by atoms with Crippen LogP contribution in [0.5, 0.6) is 0 Å². The third kappa shape index (κ3) is 3.46. The zero-order valence-electron chi connectivity index (χ0n) is 12.0. The van der Waals surface area contributed by atoms with E-state index in [0.717, 1.165) is 24.5 Å². The fourth-order valence-corrected chi connectivity index (χ4v) is 2.00. The van der Waals surface area contributed by atoms with Crippen LogP contribution in [0.25, 0.3) is 0 Å². The molecule has 0 unspecified atom stereocenters. The highest BCUT2D eigenvalue weighted by atomic mass is 15.0. The predicted octanol–water partition coefficient (Wildman–Crippen LogP) is 3.71. The number of rotatable bonds is 5. The largest absolute Gasteiger partial charge is 0.369 e. The second kappa shape index (κ2) is 6.39. The Morgan fingerprint density at radius 1 is 1.33 bits per heavy atom. The predicted molar refractivity (Wildman–Crippen MR) is 75.7 cm³/mol. The van der Waals surface area contributed by atoms with Gasteiger partial charge in [-0.15, -0.1) is 0 Å². The van der Waals surface area contributed by atoms with E-state index in [1.807, 2.05) is 13.0 Å². The van der Waals surface area contributed by atoms with Crippen LogP contribution in [0.15, 0.2) is 6.07 Å². The van der Waals surface area contributed by atoms with Crippen molar-refractivity contribution < 1.29 is 0 Å². The van der Waals surface area contributed by atoms with Gasteiger partial charge in [0.25, 0.3) is 0 Å². The van der Waals surface area contributed by atoms with Crippen molar-refractivity contribution in [1.82, 2.24) is 4.98 Å². The molecule has 0 saturated heterocycles. The summed E-state index contributed by atoms with van der Waals surface area (Å²) in [6, 6.07) is 4.22. The molecule has 1 aromatic rings. The van der Waals surface area contributed by atoms with E-state index in [1.165, 1.54) is 5.56 Å². The van der Waals surface area contributed by atoms with Crippen molar-refractivity contribution in [1.29, 1.82) is 5.26 Å². The van der Waals surface area contributed by atoms with Gasteiger partial charge in [0.05, 0.1) is 5.56 Å². The molecule has 0 aliphatic heterocycles. The molecule has 18 heavy (non-hydrogen) atoms. The molecule has 0 spiro atoms. The number of anilines is 1. The zero-order valence-corrected chi connectivity index (χ0v) is 12.0. The maximum absolute atomic E-state index is 9.19. The molecule has 1 heterocycles. The first-order valence-corrected chi connectivity index (χ1v) is 6.67. The minimum Gasteiger partial charge on any atom is -0.369 e. The van der Waals surface area contributed by atoms with Crippen molar-refractivity contribution in [3.8, 4) is 6.07 Å². The number of hydrogen-bond donors (Lipinski definition) is 1. The highest BCUT2D eigenvalue weighted by Crippen LogP contribution is 2.25. The van der Waals surface area contributed by atoms with E-state index in [0.29, 0.717) is 17.4 Å². The topological polar surface area (TPSA) is 48.7 Å². The second-order valence-corrected chi connectivity index (χ2v) is 5.32. The van der Waals surface area contributed by atoms with E-state index in [9.17, 15) is 5.26 Å². The normalized spacial score (nSPS) is 10.8. The minimum atomic E-state index is 0.397. The first kappa shape index (κ1) is 14.5. The molecule has 0 atom stereocenters. The number of nitriles is 1. The molecule has 0 bridgehead atoms. The molecule has 0 saturated carbocycles. The van der Waals surface area contributed by atoms with Crippen LogP contribution < -0.4 is 5.32 Å². The first-order chi connectivity index (χ1) is 8.49. The number of hydrogen-bond acceptors (Lipinski definition) is 3. The van der Waals surface area contributed by atoms with E-state index in [4.69, 9.17) is 0 Å². The van der Waals surface area contributed by atoms with Crippen LogP contribution in [0.1, 0.15) is 57.4 Å². The Kier molecular flexibility index (Phi) is 5.15.